The highest BCUT2D eigenvalue weighted by atomic mass is 16.5. The average Bonchev–Trinajstić information content (AvgIpc) is 2.68. The third-order valence-electron chi connectivity index (χ3n) is 3.60. The second-order valence-electron chi connectivity index (χ2n) is 5.48. The van der Waals surface area contributed by atoms with Crippen LogP contribution in [-0.4, -0.2) is 36.3 Å². The summed E-state index contributed by atoms with van der Waals surface area (Å²) in [6.45, 7) is 1.29. The number of hydrogen-bond acceptors (Lipinski definition) is 7. The Morgan fingerprint density at radius 3 is 2.29 bits per heavy atom. The number of benzene rings is 2. The molecule has 0 bridgehead atoms. The molecular formula is C19H19N3O6. The van der Waals surface area contributed by atoms with E-state index in [1.165, 1.54) is 39.3 Å². The molecule has 0 heterocycles. The fraction of sp³-hybridized carbons (Fsp3) is 0.158. The van der Waals surface area contributed by atoms with Gasteiger partial charge in [-0.25, -0.2) is 4.79 Å². The third kappa shape index (κ3) is 4.85. The van der Waals surface area contributed by atoms with Gasteiger partial charge in [0.2, 0.25) is 0 Å². The van der Waals surface area contributed by atoms with E-state index in [2.05, 4.69) is 15.5 Å². The van der Waals surface area contributed by atoms with Gasteiger partial charge in [-0.1, -0.05) is 12.1 Å². The lowest BCUT2D eigenvalue weighted by Crippen LogP contribution is -2.15. The molecule has 0 spiro atoms. The van der Waals surface area contributed by atoms with Crippen molar-refractivity contribution in [3.8, 4) is 11.5 Å². The number of rotatable bonds is 7. The lowest BCUT2D eigenvalue weighted by Gasteiger charge is -2.10. The zero-order chi connectivity index (χ0) is 20.7. The molecule has 0 aliphatic carbocycles. The highest BCUT2D eigenvalue weighted by Crippen LogP contribution is 2.30. The number of allylic oxidation sites excluding steroid dienone is 1. The molecular weight excluding hydrogens is 366 g/mol. The van der Waals surface area contributed by atoms with Crippen molar-refractivity contribution >= 4 is 23.3 Å². The number of carboxylic acids is 1. The van der Waals surface area contributed by atoms with Gasteiger partial charge in [0.05, 0.1) is 25.5 Å². The minimum atomic E-state index is -1.12. The smallest absolute Gasteiger partial charge is 0.335 e. The van der Waals surface area contributed by atoms with Crippen LogP contribution in [0, 0.1) is 0 Å². The number of aliphatic hydroxyl groups is 1. The molecule has 146 valence electrons. The van der Waals surface area contributed by atoms with Crippen molar-refractivity contribution in [3.63, 3.8) is 0 Å². The van der Waals surface area contributed by atoms with Crippen molar-refractivity contribution in [2.24, 2.45) is 10.2 Å². The van der Waals surface area contributed by atoms with E-state index in [-0.39, 0.29) is 28.5 Å². The maximum Gasteiger partial charge on any atom is 0.335 e. The van der Waals surface area contributed by atoms with Gasteiger partial charge >= 0.3 is 5.97 Å². The Morgan fingerprint density at radius 2 is 1.68 bits per heavy atom. The van der Waals surface area contributed by atoms with E-state index in [0.29, 0.717) is 11.4 Å². The SMILES string of the molecule is COc1cc(C(=O)O)ccc1N=N/C(C(=O)Nc1ccccc1OC)=C(/C)O. The van der Waals surface area contributed by atoms with Crippen molar-refractivity contribution in [1.82, 2.24) is 0 Å². The first kappa shape index (κ1) is 20.4. The fourth-order valence-corrected chi connectivity index (χ4v) is 2.21. The Kier molecular flexibility index (Phi) is 6.69. The summed E-state index contributed by atoms with van der Waals surface area (Å²) >= 11 is 0. The zero-order valence-electron chi connectivity index (χ0n) is 15.5. The normalized spacial score (nSPS) is 11.7. The monoisotopic (exact) mass is 385 g/mol. The standard InChI is InChI=1S/C19H19N3O6/c1-11(23)17(18(24)20-13-6-4-5-7-15(13)27-2)22-21-14-9-8-12(19(25)26)10-16(14)28-3/h4-10,23H,1-3H3,(H,20,24)(H,25,26)/b17-11-,22-21?. The molecule has 9 heteroatoms. The quantitative estimate of drug-likeness (QED) is 0.376. The van der Waals surface area contributed by atoms with Gasteiger partial charge in [-0.15, -0.1) is 10.2 Å². The highest BCUT2D eigenvalue weighted by molar-refractivity contribution is 6.04. The summed E-state index contributed by atoms with van der Waals surface area (Å²) in [5.74, 6) is -1.58. The lowest BCUT2D eigenvalue weighted by molar-refractivity contribution is -0.113. The molecule has 0 saturated heterocycles. The second-order valence-corrected chi connectivity index (χ2v) is 5.48. The van der Waals surface area contributed by atoms with Crippen molar-refractivity contribution < 1.29 is 29.3 Å². The number of carboxylic acid groups (broad SMARTS) is 1. The number of aliphatic hydroxyl groups excluding tert-OH is 1. The number of nitrogens with zero attached hydrogens (tertiary/aromatic N) is 2. The van der Waals surface area contributed by atoms with Crippen LogP contribution in [0.5, 0.6) is 11.5 Å². The minimum Gasteiger partial charge on any atom is -0.510 e. The van der Waals surface area contributed by atoms with Crippen molar-refractivity contribution in [3.05, 3.63) is 59.5 Å². The first-order valence-electron chi connectivity index (χ1n) is 8.04. The van der Waals surface area contributed by atoms with Crippen LogP contribution in [0.25, 0.3) is 0 Å². The van der Waals surface area contributed by atoms with Crippen LogP contribution in [0.1, 0.15) is 17.3 Å². The van der Waals surface area contributed by atoms with Gasteiger partial charge in [-0.05, 0) is 37.3 Å². The highest BCUT2D eigenvalue weighted by Gasteiger charge is 2.16. The summed E-state index contributed by atoms with van der Waals surface area (Å²) < 4.78 is 10.3. The van der Waals surface area contributed by atoms with Crippen LogP contribution in [-0.2, 0) is 4.79 Å². The molecule has 3 N–H and O–H groups in total. The van der Waals surface area contributed by atoms with E-state index in [9.17, 15) is 14.7 Å². The Bertz CT molecular complexity index is 948. The lowest BCUT2D eigenvalue weighted by atomic mass is 10.2. The number of aromatic carboxylic acids is 1. The molecule has 0 fully saturated rings. The van der Waals surface area contributed by atoms with E-state index in [1.54, 1.807) is 24.3 Å². The number of nitrogens with one attached hydrogen (secondary N) is 1. The van der Waals surface area contributed by atoms with E-state index < -0.39 is 11.9 Å². The van der Waals surface area contributed by atoms with Gasteiger partial charge in [0, 0.05) is 0 Å². The van der Waals surface area contributed by atoms with E-state index in [1.807, 2.05) is 0 Å². The van der Waals surface area contributed by atoms with Crippen LogP contribution in [0.3, 0.4) is 0 Å². The summed E-state index contributed by atoms with van der Waals surface area (Å²) in [5.41, 5.74) is 0.276. The van der Waals surface area contributed by atoms with Crippen molar-refractivity contribution in [2.45, 2.75) is 6.92 Å². The van der Waals surface area contributed by atoms with Crippen LogP contribution < -0.4 is 14.8 Å². The summed E-state index contributed by atoms with van der Waals surface area (Å²) in [6.07, 6.45) is 0. The van der Waals surface area contributed by atoms with Crippen LogP contribution in [0.15, 0.2) is 64.1 Å². The van der Waals surface area contributed by atoms with E-state index >= 15 is 0 Å². The maximum atomic E-state index is 12.5. The molecule has 9 nitrogen and oxygen atoms in total. The number of carbonyl (C=O) groups is 2. The van der Waals surface area contributed by atoms with E-state index in [4.69, 9.17) is 14.6 Å². The Balaban J connectivity index is 2.29. The van der Waals surface area contributed by atoms with Crippen molar-refractivity contribution in [2.75, 3.05) is 19.5 Å². The van der Waals surface area contributed by atoms with E-state index in [0.717, 1.165) is 0 Å². The number of ether oxygens (including phenoxy) is 2. The predicted octanol–water partition coefficient (Wildman–Crippen LogP) is 3.91. The molecule has 0 aliphatic heterocycles. The van der Waals surface area contributed by atoms with Gasteiger partial charge < -0.3 is 25.0 Å². The van der Waals surface area contributed by atoms with Gasteiger partial charge in [0.1, 0.15) is 22.9 Å². The molecule has 0 atom stereocenters. The average molecular weight is 385 g/mol. The summed E-state index contributed by atoms with van der Waals surface area (Å²) in [6, 6.07) is 10.7. The zero-order valence-corrected chi connectivity index (χ0v) is 15.5. The van der Waals surface area contributed by atoms with Gasteiger partial charge in [0.15, 0.2) is 5.70 Å². The summed E-state index contributed by atoms with van der Waals surface area (Å²) in [7, 11) is 2.81. The molecule has 0 saturated carbocycles. The van der Waals surface area contributed by atoms with Crippen LogP contribution >= 0.6 is 0 Å². The Morgan fingerprint density at radius 1 is 1.00 bits per heavy atom. The predicted molar refractivity (Wildman–Crippen MR) is 101 cm³/mol. The van der Waals surface area contributed by atoms with Crippen LogP contribution in [0.4, 0.5) is 11.4 Å². The Hall–Kier alpha value is -3.88. The number of azo groups is 1. The number of carbonyl (C=O) groups excluding carboxylic acids is 1. The first-order valence-corrected chi connectivity index (χ1v) is 8.04. The molecule has 0 unspecified atom stereocenters. The summed E-state index contributed by atoms with van der Waals surface area (Å²) in [4.78, 5) is 23.5. The topological polar surface area (TPSA) is 130 Å². The number of hydrogen-bond donors (Lipinski definition) is 3. The molecule has 0 aliphatic rings. The first-order chi connectivity index (χ1) is 13.4. The summed E-state index contributed by atoms with van der Waals surface area (Å²) in [5, 5.41) is 29.2. The number of para-hydroxylation sites is 2. The van der Waals surface area contributed by atoms with Gasteiger partial charge in [0.25, 0.3) is 5.91 Å². The molecule has 0 aromatic heterocycles. The fourth-order valence-electron chi connectivity index (χ4n) is 2.21. The number of methoxy groups -OCH3 is 2. The van der Waals surface area contributed by atoms with Crippen LogP contribution in [0.2, 0.25) is 0 Å². The number of anilines is 1. The second kappa shape index (κ2) is 9.17. The van der Waals surface area contributed by atoms with Gasteiger partial charge in [-0.2, -0.15) is 0 Å². The molecule has 28 heavy (non-hydrogen) atoms. The van der Waals surface area contributed by atoms with Crippen molar-refractivity contribution in [1.29, 1.82) is 0 Å². The molecule has 1 amide bonds. The van der Waals surface area contributed by atoms with Gasteiger partial charge in [-0.3, -0.25) is 4.79 Å². The third-order valence-corrected chi connectivity index (χ3v) is 3.60. The molecule has 2 rings (SSSR count). The Labute approximate surface area is 160 Å². The molecule has 2 aromatic carbocycles. The maximum absolute atomic E-state index is 12.5. The minimum absolute atomic E-state index is 0.0128. The molecule has 0 radical (unpaired) electrons. The molecule has 2 aromatic rings. The largest absolute Gasteiger partial charge is 0.510 e. The number of amides is 1.